The predicted octanol–water partition coefficient (Wildman–Crippen LogP) is 2.26. The van der Waals surface area contributed by atoms with E-state index in [1.54, 1.807) is 4.90 Å². The molecule has 0 radical (unpaired) electrons. The smallest absolute Gasteiger partial charge is 0.285 e. The highest BCUT2D eigenvalue weighted by molar-refractivity contribution is 6.36. The SMILES string of the molecule is CC(C)(C)CC(=O)C[C@@H](CN)C(=O)N1CC2[C@@H]([C@H]1C(=O)CC(CC1CCC1)C(=O)C(N)=O)C2(C)C. The van der Waals surface area contributed by atoms with E-state index in [9.17, 15) is 24.0 Å². The Kier molecular flexibility index (Phi) is 7.94. The van der Waals surface area contributed by atoms with Crippen LogP contribution in [0.3, 0.4) is 0 Å². The zero-order valence-electron chi connectivity index (χ0n) is 22.0. The molecule has 0 aromatic rings. The predicted molar refractivity (Wildman–Crippen MR) is 132 cm³/mol. The van der Waals surface area contributed by atoms with E-state index in [1.807, 2.05) is 20.8 Å². The summed E-state index contributed by atoms with van der Waals surface area (Å²) in [7, 11) is 0. The maximum absolute atomic E-state index is 13.6. The highest BCUT2D eigenvalue weighted by Crippen LogP contribution is 2.65. The van der Waals surface area contributed by atoms with Crippen LogP contribution in [0, 0.1) is 40.4 Å². The van der Waals surface area contributed by atoms with E-state index in [1.165, 1.54) is 0 Å². The van der Waals surface area contributed by atoms with Crippen LogP contribution in [0.25, 0.3) is 0 Å². The van der Waals surface area contributed by atoms with E-state index in [-0.39, 0.29) is 59.5 Å². The van der Waals surface area contributed by atoms with Crippen molar-refractivity contribution in [1.29, 1.82) is 0 Å². The number of carbonyl (C=O) groups is 5. The summed E-state index contributed by atoms with van der Waals surface area (Å²) in [6.07, 6.45) is 3.89. The van der Waals surface area contributed by atoms with Crippen molar-refractivity contribution in [2.45, 2.75) is 85.6 Å². The quantitative estimate of drug-likeness (QED) is 0.403. The van der Waals surface area contributed by atoms with Gasteiger partial charge in [0, 0.05) is 38.3 Å². The van der Waals surface area contributed by atoms with Crippen molar-refractivity contribution in [3.8, 4) is 0 Å². The lowest BCUT2D eigenvalue weighted by Crippen LogP contribution is -2.50. The van der Waals surface area contributed by atoms with E-state index in [0.29, 0.717) is 25.3 Å². The van der Waals surface area contributed by atoms with E-state index in [2.05, 4.69) is 13.8 Å². The monoisotopic (exact) mass is 489 g/mol. The Hall–Kier alpha value is -2.09. The number of amides is 2. The number of Topliss-reactive ketones (excluding diaryl/α,β-unsaturated/α-hetero) is 3. The van der Waals surface area contributed by atoms with Crippen LogP contribution in [-0.4, -0.2) is 53.2 Å². The molecule has 8 heteroatoms. The van der Waals surface area contributed by atoms with Crippen molar-refractivity contribution in [2.75, 3.05) is 13.1 Å². The summed E-state index contributed by atoms with van der Waals surface area (Å²) in [6.45, 7) is 10.6. The Bertz CT molecular complexity index is 886. The number of piperidine rings is 1. The van der Waals surface area contributed by atoms with Gasteiger partial charge in [-0.15, -0.1) is 0 Å². The second kappa shape index (κ2) is 10.1. The molecule has 5 atom stereocenters. The lowest BCUT2D eigenvalue weighted by molar-refractivity contribution is -0.145. The number of carbonyl (C=O) groups excluding carboxylic acids is 5. The van der Waals surface area contributed by atoms with Crippen LogP contribution in [-0.2, 0) is 24.0 Å². The third-order valence-corrected chi connectivity index (χ3v) is 8.56. The largest absolute Gasteiger partial charge is 0.363 e. The topological polar surface area (TPSA) is 141 Å². The summed E-state index contributed by atoms with van der Waals surface area (Å²) in [4.78, 5) is 65.6. The lowest BCUT2D eigenvalue weighted by Gasteiger charge is -2.34. The van der Waals surface area contributed by atoms with Crippen molar-refractivity contribution in [1.82, 2.24) is 4.90 Å². The fourth-order valence-electron chi connectivity index (χ4n) is 6.31. The molecule has 0 aromatic carbocycles. The first-order chi connectivity index (χ1) is 16.2. The van der Waals surface area contributed by atoms with Gasteiger partial charge >= 0.3 is 0 Å². The number of hydrogen-bond acceptors (Lipinski definition) is 6. The highest BCUT2D eigenvalue weighted by atomic mass is 16.2. The first-order valence-electron chi connectivity index (χ1n) is 13.1. The summed E-state index contributed by atoms with van der Waals surface area (Å²) in [6, 6.07) is -0.654. The average Bonchev–Trinajstić information content (AvgIpc) is 3.06. The second-order valence-corrected chi connectivity index (χ2v) is 12.9. The normalized spacial score (nSPS) is 26.9. The zero-order valence-corrected chi connectivity index (χ0v) is 22.0. The van der Waals surface area contributed by atoms with E-state index in [4.69, 9.17) is 11.5 Å². The van der Waals surface area contributed by atoms with Crippen LogP contribution in [0.4, 0.5) is 0 Å². The summed E-state index contributed by atoms with van der Waals surface area (Å²) >= 11 is 0. The van der Waals surface area contributed by atoms with Gasteiger partial charge in [-0.2, -0.15) is 0 Å². The van der Waals surface area contributed by atoms with Gasteiger partial charge in [-0.1, -0.05) is 53.9 Å². The standard InChI is InChI=1S/C27H43N3O5/c1-26(2,3)12-18(31)10-17(13-28)25(35)30-14-19-21(27(19,4)5)22(30)20(32)11-16(23(33)24(29)34)9-15-7-6-8-15/h15-17,19,21-22H,6-14,28H2,1-5H3,(H2,29,34)/t16?,17-,19?,21-,22+/m0/s1. The molecular weight excluding hydrogens is 446 g/mol. The zero-order chi connectivity index (χ0) is 26.3. The Morgan fingerprint density at radius 2 is 1.66 bits per heavy atom. The minimum Gasteiger partial charge on any atom is -0.363 e. The minimum atomic E-state index is -1.01. The number of hydrogen-bond donors (Lipinski definition) is 2. The molecule has 4 N–H and O–H groups in total. The molecule has 3 aliphatic rings. The molecule has 0 spiro atoms. The Labute approximate surface area is 208 Å². The molecule has 8 nitrogen and oxygen atoms in total. The maximum atomic E-state index is 13.6. The van der Waals surface area contributed by atoms with Crippen molar-refractivity contribution < 1.29 is 24.0 Å². The van der Waals surface area contributed by atoms with Gasteiger partial charge in [-0.05, 0) is 35.0 Å². The van der Waals surface area contributed by atoms with Gasteiger partial charge in [0.2, 0.25) is 11.7 Å². The molecule has 196 valence electrons. The van der Waals surface area contributed by atoms with Gasteiger partial charge in [0.1, 0.15) is 5.78 Å². The molecular formula is C27H43N3O5. The first kappa shape index (κ1) is 27.5. The molecule has 0 aromatic heterocycles. The van der Waals surface area contributed by atoms with Crippen molar-refractivity contribution >= 4 is 29.2 Å². The number of likely N-dealkylation sites (tertiary alicyclic amines) is 1. The molecule has 2 saturated carbocycles. The molecule has 2 amide bonds. The third-order valence-electron chi connectivity index (χ3n) is 8.56. The fourth-order valence-corrected chi connectivity index (χ4v) is 6.31. The number of fused-ring (bicyclic) bond motifs is 1. The molecule has 0 bridgehead atoms. The average molecular weight is 490 g/mol. The third kappa shape index (κ3) is 6.01. The molecule has 1 heterocycles. The molecule has 3 fully saturated rings. The van der Waals surface area contributed by atoms with Gasteiger partial charge in [0.15, 0.2) is 5.78 Å². The second-order valence-electron chi connectivity index (χ2n) is 12.9. The first-order valence-corrected chi connectivity index (χ1v) is 13.1. The Morgan fingerprint density at radius 1 is 1.03 bits per heavy atom. The van der Waals surface area contributed by atoms with Gasteiger partial charge in [0.25, 0.3) is 5.91 Å². The van der Waals surface area contributed by atoms with Crippen molar-refractivity contribution in [3.63, 3.8) is 0 Å². The number of nitrogens with zero attached hydrogens (tertiary/aromatic N) is 1. The molecule has 35 heavy (non-hydrogen) atoms. The van der Waals surface area contributed by atoms with E-state index < -0.39 is 29.6 Å². The number of ketones is 3. The van der Waals surface area contributed by atoms with Crippen molar-refractivity contribution in [2.24, 2.45) is 51.9 Å². The lowest BCUT2D eigenvalue weighted by atomic mass is 9.76. The van der Waals surface area contributed by atoms with Crippen LogP contribution in [0.1, 0.15) is 79.6 Å². The van der Waals surface area contributed by atoms with E-state index in [0.717, 1.165) is 19.3 Å². The summed E-state index contributed by atoms with van der Waals surface area (Å²) in [5.74, 6) is -3.02. The molecule has 3 rings (SSSR count). The summed E-state index contributed by atoms with van der Waals surface area (Å²) in [5, 5.41) is 0. The van der Waals surface area contributed by atoms with Crippen LogP contribution in [0.2, 0.25) is 0 Å². The fraction of sp³-hybridized carbons (Fsp3) is 0.815. The van der Waals surface area contributed by atoms with Gasteiger partial charge in [-0.3, -0.25) is 24.0 Å². The number of primary amides is 1. The van der Waals surface area contributed by atoms with Crippen LogP contribution < -0.4 is 11.5 Å². The van der Waals surface area contributed by atoms with Crippen LogP contribution in [0.15, 0.2) is 0 Å². The van der Waals surface area contributed by atoms with Gasteiger partial charge < -0.3 is 16.4 Å². The number of nitrogens with two attached hydrogens (primary N) is 2. The van der Waals surface area contributed by atoms with Crippen LogP contribution >= 0.6 is 0 Å². The summed E-state index contributed by atoms with van der Waals surface area (Å²) < 4.78 is 0. The molecule has 2 unspecified atom stereocenters. The van der Waals surface area contributed by atoms with Crippen LogP contribution in [0.5, 0.6) is 0 Å². The maximum Gasteiger partial charge on any atom is 0.285 e. The van der Waals surface area contributed by atoms with E-state index >= 15 is 0 Å². The molecule has 2 aliphatic carbocycles. The highest BCUT2D eigenvalue weighted by Gasteiger charge is 2.69. The number of rotatable bonds is 12. The van der Waals surface area contributed by atoms with Gasteiger partial charge in [-0.25, -0.2) is 0 Å². The van der Waals surface area contributed by atoms with Crippen molar-refractivity contribution in [3.05, 3.63) is 0 Å². The molecule has 1 aliphatic heterocycles. The molecule has 1 saturated heterocycles. The Balaban J connectivity index is 1.76. The minimum absolute atomic E-state index is 0.00989. The summed E-state index contributed by atoms with van der Waals surface area (Å²) in [5.41, 5.74) is 11.0. The Morgan fingerprint density at radius 3 is 2.14 bits per heavy atom. The van der Waals surface area contributed by atoms with Gasteiger partial charge in [0.05, 0.1) is 12.0 Å².